The van der Waals surface area contributed by atoms with Crippen molar-refractivity contribution in [1.82, 2.24) is 4.57 Å². The molecule has 0 bridgehead atoms. The fourth-order valence-corrected chi connectivity index (χ4v) is 1.94. The van der Waals surface area contributed by atoms with Crippen LogP contribution in [0, 0.1) is 6.92 Å². The van der Waals surface area contributed by atoms with Crippen molar-refractivity contribution in [2.75, 3.05) is 6.54 Å². The van der Waals surface area contributed by atoms with Crippen molar-refractivity contribution in [3.8, 4) is 0 Å². The van der Waals surface area contributed by atoms with Gasteiger partial charge in [0.2, 0.25) is 0 Å². The van der Waals surface area contributed by atoms with Crippen molar-refractivity contribution < 1.29 is 0 Å². The van der Waals surface area contributed by atoms with E-state index in [1.54, 1.807) is 0 Å². The molecule has 0 atom stereocenters. The van der Waals surface area contributed by atoms with Crippen LogP contribution in [-0.4, -0.2) is 11.1 Å². The number of nitrogens with two attached hydrogens (primary N) is 1. The molecule has 1 aromatic heterocycles. The number of aryl methyl sites for hydroxylation is 1. The number of halogens is 1. The minimum absolute atomic E-state index is 0.649. The molecule has 2 rings (SSSR count). The van der Waals surface area contributed by atoms with E-state index in [-0.39, 0.29) is 0 Å². The van der Waals surface area contributed by atoms with Gasteiger partial charge in [-0.25, -0.2) is 0 Å². The number of fused-ring (bicyclic) bond motifs is 1. The zero-order valence-corrected chi connectivity index (χ0v) is 8.88. The third-order valence-corrected chi connectivity index (χ3v) is 2.65. The standard InChI is InChI=1S/C11H13ClN2/c1-8-7-14(5-4-13)11-6-9(12)2-3-10(8)11/h2-3,6-7H,4-5,13H2,1H3. The third kappa shape index (κ3) is 1.51. The van der Waals surface area contributed by atoms with E-state index in [0.717, 1.165) is 11.6 Å². The summed E-state index contributed by atoms with van der Waals surface area (Å²) in [5.74, 6) is 0. The van der Waals surface area contributed by atoms with Crippen molar-refractivity contribution in [3.63, 3.8) is 0 Å². The molecule has 1 aromatic carbocycles. The quantitative estimate of drug-likeness (QED) is 0.808. The number of hydrogen-bond acceptors (Lipinski definition) is 1. The second kappa shape index (κ2) is 3.64. The van der Waals surface area contributed by atoms with Gasteiger partial charge in [-0.3, -0.25) is 0 Å². The average molecular weight is 209 g/mol. The predicted octanol–water partition coefficient (Wildman–Crippen LogP) is 2.56. The Morgan fingerprint density at radius 1 is 1.43 bits per heavy atom. The molecular formula is C11H13ClN2. The van der Waals surface area contributed by atoms with Gasteiger partial charge in [0, 0.05) is 35.2 Å². The fraction of sp³-hybridized carbons (Fsp3) is 0.273. The van der Waals surface area contributed by atoms with Crippen molar-refractivity contribution in [2.45, 2.75) is 13.5 Å². The van der Waals surface area contributed by atoms with Crippen LogP contribution in [0.15, 0.2) is 24.4 Å². The van der Waals surface area contributed by atoms with E-state index in [2.05, 4.69) is 23.8 Å². The predicted molar refractivity (Wildman–Crippen MR) is 60.7 cm³/mol. The Kier molecular flexibility index (Phi) is 2.48. The van der Waals surface area contributed by atoms with Crippen molar-refractivity contribution >= 4 is 22.5 Å². The molecule has 2 nitrogen and oxygen atoms in total. The Morgan fingerprint density at radius 3 is 2.93 bits per heavy atom. The first-order chi connectivity index (χ1) is 6.72. The highest BCUT2D eigenvalue weighted by Crippen LogP contribution is 2.23. The molecular weight excluding hydrogens is 196 g/mol. The molecule has 0 aliphatic heterocycles. The number of benzene rings is 1. The van der Waals surface area contributed by atoms with Crippen LogP contribution in [0.1, 0.15) is 5.56 Å². The number of rotatable bonds is 2. The molecule has 0 aliphatic carbocycles. The molecule has 0 saturated heterocycles. The second-order valence-corrected chi connectivity index (χ2v) is 3.89. The molecule has 3 heteroatoms. The summed E-state index contributed by atoms with van der Waals surface area (Å²) in [5, 5.41) is 2.02. The summed E-state index contributed by atoms with van der Waals surface area (Å²) in [6.07, 6.45) is 2.12. The molecule has 0 aliphatic rings. The lowest BCUT2D eigenvalue weighted by molar-refractivity contribution is 0.734. The highest BCUT2D eigenvalue weighted by Gasteiger charge is 2.04. The van der Waals surface area contributed by atoms with Gasteiger partial charge >= 0.3 is 0 Å². The lowest BCUT2D eigenvalue weighted by Crippen LogP contribution is -2.08. The normalized spacial score (nSPS) is 11.1. The monoisotopic (exact) mass is 208 g/mol. The van der Waals surface area contributed by atoms with Crippen LogP contribution < -0.4 is 5.73 Å². The number of nitrogens with zero attached hydrogens (tertiary/aromatic N) is 1. The zero-order chi connectivity index (χ0) is 10.1. The lowest BCUT2D eigenvalue weighted by Gasteiger charge is -2.02. The summed E-state index contributed by atoms with van der Waals surface area (Å²) in [6.45, 7) is 3.59. The van der Waals surface area contributed by atoms with Gasteiger partial charge in [0.25, 0.3) is 0 Å². The Bertz CT molecular complexity index is 460. The van der Waals surface area contributed by atoms with Crippen LogP contribution in [0.4, 0.5) is 0 Å². The van der Waals surface area contributed by atoms with Crippen LogP contribution in [0.3, 0.4) is 0 Å². The average Bonchev–Trinajstić information content (AvgIpc) is 2.44. The molecule has 2 aromatic rings. The van der Waals surface area contributed by atoms with Crippen LogP contribution in [0.5, 0.6) is 0 Å². The van der Waals surface area contributed by atoms with Crippen molar-refractivity contribution in [1.29, 1.82) is 0 Å². The molecule has 0 fully saturated rings. The third-order valence-electron chi connectivity index (χ3n) is 2.41. The van der Waals surface area contributed by atoms with E-state index in [1.807, 2.05) is 12.1 Å². The zero-order valence-electron chi connectivity index (χ0n) is 8.13. The van der Waals surface area contributed by atoms with Gasteiger partial charge in [-0.15, -0.1) is 0 Å². The highest BCUT2D eigenvalue weighted by molar-refractivity contribution is 6.31. The largest absolute Gasteiger partial charge is 0.346 e. The SMILES string of the molecule is Cc1cn(CCN)c2cc(Cl)ccc12. The highest BCUT2D eigenvalue weighted by atomic mass is 35.5. The Labute approximate surface area is 88.3 Å². The van der Waals surface area contributed by atoms with Crippen LogP contribution in [0.2, 0.25) is 5.02 Å². The first-order valence-corrected chi connectivity index (χ1v) is 5.05. The molecule has 0 radical (unpaired) electrons. The van der Waals surface area contributed by atoms with Gasteiger partial charge in [0.15, 0.2) is 0 Å². The van der Waals surface area contributed by atoms with Crippen LogP contribution in [0.25, 0.3) is 10.9 Å². The molecule has 74 valence electrons. The smallest absolute Gasteiger partial charge is 0.0498 e. The van der Waals surface area contributed by atoms with E-state index in [9.17, 15) is 0 Å². The van der Waals surface area contributed by atoms with Crippen LogP contribution >= 0.6 is 11.6 Å². The second-order valence-electron chi connectivity index (χ2n) is 3.46. The first kappa shape index (κ1) is 9.56. The summed E-state index contributed by atoms with van der Waals surface area (Å²) in [4.78, 5) is 0. The molecule has 14 heavy (non-hydrogen) atoms. The number of aromatic nitrogens is 1. The summed E-state index contributed by atoms with van der Waals surface area (Å²) < 4.78 is 2.15. The minimum Gasteiger partial charge on any atom is -0.346 e. The number of hydrogen-bond donors (Lipinski definition) is 1. The van der Waals surface area contributed by atoms with Gasteiger partial charge in [0.05, 0.1) is 0 Å². The van der Waals surface area contributed by atoms with E-state index in [0.29, 0.717) is 6.54 Å². The minimum atomic E-state index is 0.649. The molecule has 1 heterocycles. The maximum atomic E-state index is 5.96. The van der Waals surface area contributed by atoms with Gasteiger partial charge in [-0.05, 0) is 24.6 Å². The van der Waals surface area contributed by atoms with E-state index in [1.165, 1.54) is 16.5 Å². The summed E-state index contributed by atoms with van der Waals surface area (Å²) >= 11 is 5.96. The summed E-state index contributed by atoms with van der Waals surface area (Å²) in [5.41, 5.74) is 7.98. The molecule has 0 amide bonds. The molecule has 0 saturated carbocycles. The van der Waals surface area contributed by atoms with E-state index >= 15 is 0 Å². The van der Waals surface area contributed by atoms with Crippen molar-refractivity contribution in [2.24, 2.45) is 5.73 Å². The van der Waals surface area contributed by atoms with Crippen molar-refractivity contribution in [3.05, 3.63) is 35.0 Å². The lowest BCUT2D eigenvalue weighted by atomic mass is 10.2. The Hall–Kier alpha value is -0.990. The summed E-state index contributed by atoms with van der Waals surface area (Å²) in [6, 6.07) is 5.96. The Morgan fingerprint density at radius 2 is 2.21 bits per heavy atom. The van der Waals surface area contributed by atoms with Gasteiger partial charge in [-0.2, -0.15) is 0 Å². The summed E-state index contributed by atoms with van der Waals surface area (Å²) in [7, 11) is 0. The molecule has 0 unspecified atom stereocenters. The molecule has 0 spiro atoms. The van der Waals surface area contributed by atoms with E-state index < -0.39 is 0 Å². The van der Waals surface area contributed by atoms with Crippen LogP contribution in [-0.2, 0) is 6.54 Å². The topological polar surface area (TPSA) is 30.9 Å². The maximum absolute atomic E-state index is 5.96. The maximum Gasteiger partial charge on any atom is 0.0498 e. The van der Waals surface area contributed by atoms with E-state index in [4.69, 9.17) is 17.3 Å². The van der Waals surface area contributed by atoms with Gasteiger partial charge < -0.3 is 10.3 Å². The Balaban J connectivity index is 2.66. The molecule has 2 N–H and O–H groups in total. The first-order valence-electron chi connectivity index (χ1n) is 4.67. The van der Waals surface area contributed by atoms with Gasteiger partial charge in [0.1, 0.15) is 0 Å². The van der Waals surface area contributed by atoms with Gasteiger partial charge in [-0.1, -0.05) is 17.7 Å². The fourth-order valence-electron chi connectivity index (χ4n) is 1.77.